The number of amides is 1. The molecule has 5 nitrogen and oxygen atoms in total. The van der Waals surface area contributed by atoms with Gasteiger partial charge in [0.15, 0.2) is 11.5 Å². The van der Waals surface area contributed by atoms with Crippen molar-refractivity contribution in [3.8, 4) is 11.5 Å². The Hall–Kier alpha value is -1.75. The van der Waals surface area contributed by atoms with Crippen LogP contribution in [-0.4, -0.2) is 36.4 Å². The Labute approximate surface area is 117 Å². The van der Waals surface area contributed by atoms with Crippen molar-refractivity contribution >= 4 is 5.91 Å². The summed E-state index contributed by atoms with van der Waals surface area (Å²) >= 11 is 0. The van der Waals surface area contributed by atoms with Gasteiger partial charge in [0.25, 0.3) is 5.91 Å². The molecule has 1 aliphatic heterocycles. The first kappa shape index (κ1) is 13.2. The number of carbonyl (C=O) groups is 1. The van der Waals surface area contributed by atoms with Crippen LogP contribution in [0.25, 0.3) is 0 Å². The number of carbonyl (C=O) groups excluding carboxylic acids is 1. The molecular weight excluding hydrogens is 258 g/mol. The largest absolute Gasteiger partial charge is 0.485 e. The third-order valence-electron chi connectivity index (χ3n) is 3.88. The first-order valence-corrected chi connectivity index (χ1v) is 7.06. The Bertz CT molecular complexity index is 491. The average molecular weight is 277 g/mol. The van der Waals surface area contributed by atoms with Gasteiger partial charge in [0.1, 0.15) is 6.61 Å². The second-order valence-electron chi connectivity index (χ2n) is 5.44. The van der Waals surface area contributed by atoms with E-state index >= 15 is 0 Å². The van der Waals surface area contributed by atoms with Crippen molar-refractivity contribution in [1.82, 2.24) is 5.32 Å². The van der Waals surface area contributed by atoms with Crippen LogP contribution in [0.1, 0.15) is 19.3 Å². The molecule has 0 bridgehead atoms. The van der Waals surface area contributed by atoms with Gasteiger partial charge in [0, 0.05) is 6.54 Å². The Morgan fingerprint density at radius 2 is 2.10 bits per heavy atom. The number of para-hydroxylation sites is 2. The quantitative estimate of drug-likeness (QED) is 0.868. The second-order valence-corrected chi connectivity index (χ2v) is 5.44. The average Bonchev–Trinajstić information content (AvgIpc) is 2.90. The molecule has 3 atom stereocenters. The predicted molar refractivity (Wildman–Crippen MR) is 72.7 cm³/mol. The zero-order valence-electron chi connectivity index (χ0n) is 11.2. The lowest BCUT2D eigenvalue weighted by Gasteiger charge is -2.26. The molecule has 5 heteroatoms. The highest BCUT2D eigenvalue weighted by atomic mass is 16.6. The number of aliphatic hydroxyl groups is 1. The van der Waals surface area contributed by atoms with Gasteiger partial charge < -0.3 is 19.9 Å². The Morgan fingerprint density at radius 1 is 1.30 bits per heavy atom. The number of rotatable bonds is 3. The lowest BCUT2D eigenvalue weighted by atomic mass is 10.1. The highest BCUT2D eigenvalue weighted by Gasteiger charge is 2.29. The van der Waals surface area contributed by atoms with Gasteiger partial charge in [-0.15, -0.1) is 0 Å². The number of hydrogen-bond acceptors (Lipinski definition) is 4. The molecule has 0 radical (unpaired) electrons. The Kier molecular flexibility index (Phi) is 3.78. The zero-order chi connectivity index (χ0) is 13.9. The number of fused-ring (bicyclic) bond motifs is 1. The van der Waals surface area contributed by atoms with E-state index in [-0.39, 0.29) is 18.6 Å². The Morgan fingerprint density at radius 3 is 2.85 bits per heavy atom. The molecule has 0 spiro atoms. The second kappa shape index (κ2) is 5.71. The fraction of sp³-hybridized carbons (Fsp3) is 0.533. The molecule has 1 saturated carbocycles. The van der Waals surface area contributed by atoms with Crippen LogP contribution in [0, 0.1) is 5.92 Å². The minimum atomic E-state index is -0.601. The van der Waals surface area contributed by atoms with Crippen LogP contribution in [0.5, 0.6) is 11.5 Å². The molecule has 1 fully saturated rings. The van der Waals surface area contributed by atoms with E-state index in [0.717, 1.165) is 19.3 Å². The molecule has 2 aliphatic rings. The summed E-state index contributed by atoms with van der Waals surface area (Å²) in [6.07, 6.45) is 1.75. The molecule has 1 amide bonds. The van der Waals surface area contributed by atoms with Crippen LogP contribution >= 0.6 is 0 Å². The lowest BCUT2D eigenvalue weighted by Crippen LogP contribution is -2.45. The number of aliphatic hydroxyl groups excluding tert-OH is 1. The molecule has 1 aromatic carbocycles. The summed E-state index contributed by atoms with van der Waals surface area (Å²) in [5.41, 5.74) is 0. The third kappa shape index (κ3) is 2.88. The van der Waals surface area contributed by atoms with Crippen LogP contribution in [0.2, 0.25) is 0 Å². The summed E-state index contributed by atoms with van der Waals surface area (Å²) in [6.45, 7) is 0.827. The van der Waals surface area contributed by atoms with Crippen molar-refractivity contribution in [2.75, 3.05) is 13.2 Å². The summed E-state index contributed by atoms with van der Waals surface area (Å²) in [5.74, 6) is 1.50. The molecule has 2 N–H and O–H groups in total. The first-order chi connectivity index (χ1) is 9.72. The van der Waals surface area contributed by atoms with Crippen LogP contribution in [0.4, 0.5) is 0 Å². The van der Waals surface area contributed by atoms with Crippen molar-refractivity contribution in [2.45, 2.75) is 31.5 Å². The highest BCUT2D eigenvalue weighted by molar-refractivity contribution is 5.81. The number of benzene rings is 1. The molecule has 0 aromatic heterocycles. The first-order valence-electron chi connectivity index (χ1n) is 7.06. The van der Waals surface area contributed by atoms with Crippen LogP contribution in [0.15, 0.2) is 24.3 Å². The van der Waals surface area contributed by atoms with Crippen molar-refractivity contribution < 1.29 is 19.4 Å². The van der Waals surface area contributed by atoms with Gasteiger partial charge in [0.05, 0.1) is 6.10 Å². The molecule has 3 rings (SSSR count). The maximum absolute atomic E-state index is 12.1. The van der Waals surface area contributed by atoms with Gasteiger partial charge in [-0.25, -0.2) is 0 Å². The SMILES string of the molecule is O=C(NCC1CCC(O)C1)C1COc2ccccc2O1. The van der Waals surface area contributed by atoms with Crippen molar-refractivity contribution in [3.63, 3.8) is 0 Å². The van der Waals surface area contributed by atoms with Gasteiger partial charge in [-0.2, -0.15) is 0 Å². The maximum Gasteiger partial charge on any atom is 0.264 e. The maximum atomic E-state index is 12.1. The molecule has 1 aromatic rings. The smallest absolute Gasteiger partial charge is 0.264 e. The Balaban J connectivity index is 1.51. The fourth-order valence-electron chi connectivity index (χ4n) is 2.74. The summed E-state index contributed by atoms with van der Waals surface area (Å²) < 4.78 is 11.2. The van der Waals surface area contributed by atoms with Crippen molar-refractivity contribution in [1.29, 1.82) is 0 Å². The van der Waals surface area contributed by atoms with Gasteiger partial charge >= 0.3 is 0 Å². The van der Waals surface area contributed by atoms with Crippen LogP contribution in [-0.2, 0) is 4.79 Å². The van der Waals surface area contributed by atoms with E-state index < -0.39 is 6.10 Å². The van der Waals surface area contributed by atoms with E-state index in [1.165, 1.54) is 0 Å². The molecule has 1 aliphatic carbocycles. The summed E-state index contributed by atoms with van der Waals surface area (Å²) in [5, 5.41) is 12.4. The van der Waals surface area contributed by atoms with E-state index in [9.17, 15) is 9.90 Å². The molecule has 108 valence electrons. The standard InChI is InChI=1S/C15H19NO4/c17-11-6-5-10(7-11)8-16-15(18)14-9-19-12-3-1-2-4-13(12)20-14/h1-4,10-11,14,17H,5-9H2,(H,16,18). The van der Waals surface area contributed by atoms with E-state index in [4.69, 9.17) is 9.47 Å². The highest BCUT2D eigenvalue weighted by Crippen LogP contribution is 2.31. The minimum Gasteiger partial charge on any atom is -0.485 e. The third-order valence-corrected chi connectivity index (χ3v) is 3.88. The van der Waals surface area contributed by atoms with Crippen molar-refractivity contribution in [2.24, 2.45) is 5.92 Å². The summed E-state index contributed by atoms with van der Waals surface area (Å²) in [6, 6.07) is 7.34. The monoisotopic (exact) mass is 277 g/mol. The molecule has 3 unspecified atom stereocenters. The van der Waals surface area contributed by atoms with Gasteiger partial charge in [-0.05, 0) is 37.3 Å². The number of nitrogens with one attached hydrogen (secondary N) is 1. The van der Waals surface area contributed by atoms with E-state index in [0.29, 0.717) is 24.0 Å². The molecule has 0 saturated heterocycles. The van der Waals surface area contributed by atoms with Gasteiger partial charge in [0.2, 0.25) is 6.10 Å². The lowest BCUT2D eigenvalue weighted by molar-refractivity contribution is -0.130. The van der Waals surface area contributed by atoms with E-state index in [2.05, 4.69) is 5.32 Å². The van der Waals surface area contributed by atoms with Crippen molar-refractivity contribution in [3.05, 3.63) is 24.3 Å². The van der Waals surface area contributed by atoms with Gasteiger partial charge in [-0.1, -0.05) is 12.1 Å². The fourth-order valence-corrected chi connectivity index (χ4v) is 2.74. The van der Waals surface area contributed by atoms with E-state index in [1.807, 2.05) is 18.2 Å². The van der Waals surface area contributed by atoms with Crippen LogP contribution < -0.4 is 14.8 Å². The zero-order valence-corrected chi connectivity index (χ0v) is 11.2. The number of hydrogen-bond donors (Lipinski definition) is 2. The molecule has 20 heavy (non-hydrogen) atoms. The molecular formula is C15H19NO4. The van der Waals surface area contributed by atoms with Gasteiger partial charge in [-0.3, -0.25) is 4.79 Å². The normalized spacial score (nSPS) is 28.1. The van der Waals surface area contributed by atoms with E-state index in [1.54, 1.807) is 6.07 Å². The molecule has 1 heterocycles. The summed E-state index contributed by atoms with van der Waals surface area (Å²) in [7, 11) is 0. The van der Waals surface area contributed by atoms with Crippen LogP contribution in [0.3, 0.4) is 0 Å². The summed E-state index contributed by atoms with van der Waals surface area (Å²) in [4.78, 5) is 12.1. The predicted octanol–water partition coefficient (Wildman–Crippen LogP) is 1.10. The minimum absolute atomic E-state index is 0.152. The topological polar surface area (TPSA) is 67.8 Å². The number of ether oxygens (including phenoxy) is 2.